The normalized spacial score (nSPS) is 13.5. The van der Waals surface area contributed by atoms with E-state index in [4.69, 9.17) is 4.42 Å². The Balaban J connectivity index is 1.45. The minimum absolute atomic E-state index is 0.164. The lowest BCUT2D eigenvalue weighted by atomic mass is 9.76. The van der Waals surface area contributed by atoms with E-state index in [0.29, 0.717) is 10.9 Å². The third-order valence-electron chi connectivity index (χ3n) is 9.21. The number of para-hydroxylation sites is 1. The molecule has 0 fully saturated rings. The molecule has 0 radical (unpaired) electrons. The Labute approximate surface area is 270 Å². The number of rotatable bonds is 3. The van der Waals surface area contributed by atoms with Crippen LogP contribution in [0.5, 0.6) is 0 Å². The van der Waals surface area contributed by atoms with Crippen LogP contribution < -0.4 is 0 Å². The van der Waals surface area contributed by atoms with Crippen molar-refractivity contribution in [2.45, 2.75) is 26.2 Å². The molecule has 4 nitrogen and oxygen atoms in total. The summed E-state index contributed by atoms with van der Waals surface area (Å²) in [6.45, 7) is 4.91. The number of furan rings is 1. The molecule has 0 amide bonds. The summed E-state index contributed by atoms with van der Waals surface area (Å²) in [5.74, 6) is -20.4. The Morgan fingerprint density at radius 1 is 0.612 bits per heavy atom. The van der Waals surface area contributed by atoms with E-state index < -0.39 is 86.0 Å². The predicted molar refractivity (Wildman–Crippen MR) is 161 cm³/mol. The highest BCUT2D eigenvalue weighted by Crippen LogP contribution is 2.48. The maximum Gasteiger partial charge on any atom is 0.200 e. The van der Waals surface area contributed by atoms with Crippen LogP contribution in [0.25, 0.3) is 61.4 Å². The van der Waals surface area contributed by atoms with Crippen LogP contribution in [0.2, 0.25) is 0 Å². The van der Waals surface area contributed by atoms with Gasteiger partial charge in [-0.15, -0.1) is 0 Å². The second-order valence-corrected chi connectivity index (χ2v) is 12.2. The topological polar surface area (TPSA) is 43.9 Å². The number of hydrogen-bond acceptors (Lipinski definition) is 3. The third kappa shape index (κ3) is 4.01. The first-order chi connectivity index (χ1) is 23.2. The van der Waals surface area contributed by atoms with Gasteiger partial charge in [0.2, 0.25) is 5.82 Å². The molecule has 8 rings (SSSR count). The van der Waals surface area contributed by atoms with Gasteiger partial charge in [-0.05, 0) is 30.7 Å². The van der Waals surface area contributed by atoms with Gasteiger partial charge in [-0.25, -0.2) is 49.5 Å². The zero-order chi connectivity index (χ0) is 34.8. The van der Waals surface area contributed by atoms with Crippen molar-refractivity contribution >= 4 is 21.8 Å². The minimum atomic E-state index is -2.45. The van der Waals surface area contributed by atoms with Crippen LogP contribution in [-0.4, -0.2) is 14.5 Å². The second-order valence-electron chi connectivity index (χ2n) is 12.2. The van der Waals surface area contributed by atoms with E-state index in [0.717, 1.165) is 40.7 Å². The quantitative estimate of drug-likeness (QED) is 0.106. The summed E-state index contributed by atoms with van der Waals surface area (Å²) >= 11 is 0. The molecular formula is C36H18F9N3O. The lowest BCUT2D eigenvalue weighted by Crippen LogP contribution is -2.24. The molecule has 0 N–H and O–H groups in total. The molecule has 7 aromatic rings. The lowest BCUT2D eigenvalue weighted by molar-refractivity contribution is 0.381. The molecule has 1 aliphatic heterocycles. The molecule has 0 spiro atoms. The molecule has 0 saturated carbocycles. The highest BCUT2D eigenvalue weighted by atomic mass is 19.2. The van der Waals surface area contributed by atoms with Gasteiger partial charge in [0.25, 0.3) is 0 Å². The summed E-state index contributed by atoms with van der Waals surface area (Å²) in [6.07, 6.45) is 3.28. The summed E-state index contributed by atoms with van der Waals surface area (Å²) in [5, 5.41) is 1.41. The largest absolute Gasteiger partial charge is 0.470 e. The van der Waals surface area contributed by atoms with E-state index in [2.05, 4.69) is 9.97 Å². The van der Waals surface area contributed by atoms with Gasteiger partial charge in [0.1, 0.15) is 12.1 Å². The molecule has 13 heteroatoms. The maximum absolute atomic E-state index is 15.4. The van der Waals surface area contributed by atoms with Gasteiger partial charge in [0.15, 0.2) is 46.5 Å². The third-order valence-corrected chi connectivity index (χ3v) is 9.21. The standard InChI is InChI=1S/C36H18F9N3O/c1-13-25(37)23(27(39)30(42)26(13)38)20-10-19(46-35(47-20)24-28(40)31(43)33(45)32(44)29(24)41)14-7-8-21-16(9-14)15-5-4-6-17-34(15)48(21)22-12-49-11-18(22)36(17,2)3/h4-12H,1-3H3. The zero-order valence-corrected chi connectivity index (χ0v) is 25.3. The molecule has 4 aromatic carbocycles. The molecule has 49 heavy (non-hydrogen) atoms. The fourth-order valence-corrected chi connectivity index (χ4v) is 6.67. The average molecular weight is 680 g/mol. The number of hydrogen-bond donors (Lipinski definition) is 0. The van der Waals surface area contributed by atoms with Crippen molar-refractivity contribution in [3.05, 3.63) is 124 Å². The van der Waals surface area contributed by atoms with Crippen molar-refractivity contribution in [1.82, 2.24) is 14.5 Å². The van der Waals surface area contributed by atoms with Gasteiger partial charge in [-0.3, -0.25) is 0 Å². The summed E-state index contributed by atoms with van der Waals surface area (Å²) < 4.78 is 140. The molecule has 0 atom stereocenters. The van der Waals surface area contributed by atoms with Crippen LogP contribution in [0.3, 0.4) is 0 Å². The van der Waals surface area contributed by atoms with Crippen LogP contribution in [0.1, 0.15) is 30.5 Å². The Hall–Kier alpha value is -5.59. The van der Waals surface area contributed by atoms with Crippen molar-refractivity contribution < 1.29 is 43.9 Å². The van der Waals surface area contributed by atoms with E-state index in [1.807, 2.05) is 36.6 Å². The maximum atomic E-state index is 15.4. The van der Waals surface area contributed by atoms with E-state index in [9.17, 15) is 22.0 Å². The predicted octanol–water partition coefficient (Wildman–Crippen LogP) is 10.4. The van der Waals surface area contributed by atoms with E-state index in [1.165, 1.54) is 6.07 Å². The number of aromatic nitrogens is 3. The number of fused-ring (bicyclic) bond motifs is 5. The van der Waals surface area contributed by atoms with Crippen LogP contribution in [0.15, 0.2) is 59.4 Å². The minimum Gasteiger partial charge on any atom is -0.470 e. The number of nitrogens with zero attached hydrogens (tertiary/aromatic N) is 3. The second kappa shape index (κ2) is 10.2. The van der Waals surface area contributed by atoms with E-state index in [-0.39, 0.29) is 11.3 Å². The molecule has 0 unspecified atom stereocenters. The molecule has 0 bridgehead atoms. The van der Waals surface area contributed by atoms with Crippen molar-refractivity contribution in [3.63, 3.8) is 0 Å². The van der Waals surface area contributed by atoms with Crippen molar-refractivity contribution in [3.8, 4) is 39.6 Å². The highest BCUT2D eigenvalue weighted by Gasteiger charge is 2.37. The summed E-state index contributed by atoms with van der Waals surface area (Å²) in [7, 11) is 0. The monoisotopic (exact) mass is 679 g/mol. The summed E-state index contributed by atoms with van der Waals surface area (Å²) in [5.41, 5.74) is -0.952. The Morgan fingerprint density at radius 2 is 1.24 bits per heavy atom. The molecule has 1 aliphatic rings. The van der Waals surface area contributed by atoms with Crippen molar-refractivity contribution in [2.24, 2.45) is 0 Å². The van der Waals surface area contributed by atoms with Crippen molar-refractivity contribution in [1.29, 1.82) is 0 Å². The van der Waals surface area contributed by atoms with Crippen LogP contribution in [-0.2, 0) is 5.41 Å². The van der Waals surface area contributed by atoms with Crippen molar-refractivity contribution in [2.75, 3.05) is 0 Å². The number of benzene rings is 4. The first kappa shape index (κ1) is 30.7. The Kier molecular flexibility index (Phi) is 6.40. The molecule has 0 saturated heterocycles. The highest BCUT2D eigenvalue weighted by molar-refractivity contribution is 6.12. The van der Waals surface area contributed by atoms with Crippen LogP contribution >= 0.6 is 0 Å². The Bertz CT molecular complexity index is 2460. The first-order valence-electron chi connectivity index (χ1n) is 14.6. The van der Waals surface area contributed by atoms with E-state index >= 15 is 17.6 Å². The smallest absolute Gasteiger partial charge is 0.200 e. The van der Waals surface area contributed by atoms with E-state index in [1.54, 1.807) is 24.7 Å². The molecule has 4 heterocycles. The van der Waals surface area contributed by atoms with Gasteiger partial charge in [-0.1, -0.05) is 38.1 Å². The van der Waals surface area contributed by atoms with Gasteiger partial charge in [0.05, 0.1) is 45.5 Å². The average Bonchev–Trinajstić information content (AvgIpc) is 3.71. The first-order valence-corrected chi connectivity index (χ1v) is 14.6. The molecule has 0 aliphatic carbocycles. The lowest BCUT2D eigenvalue weighted by Gasteiger charge is -2.31. The van der Waals surface area contributed by atoms with Gasteiger partial charge in [0, 0.05) is 32.9 Å². The fourth-order valence-electron chi connectivity index (χ4n) is 6.67. The molecule has 246 valence electrons. The zero-order valence-electron chi connectivity index (χ0n) is 25.3. The number of halogens is 9. The van der Waals surface area contributed by atoms with Gasteiger partial charge in [-0.2, -0.15) is 0 Å². The SMILES string of the molecule is Cc1c(F)c(F)c(F)c(-c2cc(-c3ccc4c(c3)c3cccc5c3n4-c3cocc3C5(C)C)nc(-c3c(F)c(F)c(F)c(F)c3F)n2)c1F. The van der Waals surface area contributed by atoms with Gasteiger partial charge < -0.3 is 8.98 Å². The summed E-state index contributed by atoms with van der Waals surface area (Å²) in [6, 6.07) is 11.5. The van der Waals surface area contributed by atoms with Crippen LogP contribution in [0.4, 0.5) is 39.5 Å². The Morgan fingerprint density at radius 3 is 1.96 bits per heavy atom. The van der Waals surface area contributed by atoms with Gasteiger partial charge >= 0.3 is 0 Å². The fraction of sp³-hybridized carbons (Fsp3) is 0.111. The van der Waals surface area contributed by atoms with Crippen LogP contribution in [0, 0.1) is 59.3 Å². The molecule has 3 aromatic heterocycles. The summed E-state index contributed by atoms with van der Waals surface area (Å²) in [4.78, 5) is 7.79. The molecular weight excluding hydrogens is 661 g/mol.